The molecule has 0 radical (unpaired) electrons. The topological polar surface area (TPSA) is 0 Å². The van der Waals surface area contributed by atoms with Crippen LogP contribution in [0.25, 0.3) is 65.3 Å². The van der Waals surface area contributed by atoms with E-state index in [1.165, 1.54) is 70.9 Å². The monoisotopic (exact) mass is 444 g/mol. The molecule has 7 aromatic rings. The molecule has 0 saturated heterocycles. The van der Waals surface area contributed by atoms with Crippen LogP contribution >= 0.6 is 0 Å². The van der Waals surface area contributed by atoms with Gasteiger partial charge < -0.3 is 0 Å². The lowest BCUT2D eigenvalue weighted by molar-refractivity contribution is 1.47. The second-order valence-corrected chi connectivity index (χ2v) is 9.46. The highest BCUT2D eigenvalue weighted by Gasteiger charge is 2.14. The summed E-state index contributed by atoms with van der Waals surface area (Å²) >= 11 is 0. The van der Waals surface area contributed by atoms with Crippen LogP contribution in [0, 0.1) is 6.92 Å². The van der Waals surface area contributed by atoms with Crippen molar-refractivity contribution >= 4 is 43.1 Å². The average Bonchev–Trinajstić information content (AvgIpc) is 2.92. The van der Waals surface area contributed by atoms with Gasteiger partial charge in [-0.25, -0.2) is 0 Å². The number of benzene rings is 7. The molecule has 0 atom stereocenters. The van der Waals surface area contributed by atoms with Gasteiger partial charge in [0.2, 0.25) is 0 Å². The van der Waals surface area contributed by atoms with Crippen LogP contribution in [0.15, 0.2) is 127 Å². The fourth-order valence-electron chi connectivity index (χ4n) is 5.52. The zero-order valence-corrected chi connectivity index (χ0v) is 19.6. The van der Waals surface area contributed by atoms with Gasteiger partial charge in [-0.3, -0.25) is 0 Å². The Hall–Kier alpha value is -4.42. The minimum Gasteiger partial charge on any atom is -0.0616 e. The van der Waals surface area contributed by atoms with Crippen molar-refractivity contribution in [3.63, 3.8) is 0 Å². The van der Waals surface area contributed by atoms with Crippen LogP contribution < -0.4 is 0 Å². The summed E-state index contributed by atoms with van der Waals surface area (Å²) < 4.78 is 0. The van der Waals surface area contributed by atoms with Crippen LogP contribution in [-0.2, 0) is 0 Å². The maximum absolute atomic E-state index is 2.41. The third-order valence-corrected chi connectivity index (χ3v) is 7.31. The molecule has 0 aliphatic rings. The van der Waals surface area contributed by atoms with Crippen molar-refractivity contribution in [3.8, 4) is 22.3 Å². The highest BCUT2D eigenvalue weighted by atomic mass is 14.2. The van der Waals surface area contributed by atoms with Crippen LogP contribution in [0.1, 0.15) is 5.56 Å². The van der Waals surface area contributed by atoms with Crippen molar-refractivity contribution in [2.24, 2.45) is 0 Å². The molecule has 0 heterocycles. The number of aryl methyl sites for hydroxylation is 1. The summed E-state index contributed by atoms with van der Waals surface area (Å²) in [5.41, 5.74) is 6.37. The molecule has 0 unspecified atom stereocenters. The van der Waals surface area contributed by atoms with Crippen molar-refractivity contribution in [1.29, 1.82) is 0 Å². The molecule has 0 bridgehead atoms. The fourth-order valence-corrected chi connectivity index (χ4v) is 5.52. The first-order valence-corrected chi connectivity index (χ1v) is 12.2. The zero-order chi connectivity index (χ0) is 23.4. The molecule has 0 saturated carbocycles. The Bertz CT molecular complexity index is 1890. The van der Waals surface area contributed by atoms with Gasteiger partial charge in [0, 0.05) is 0 Å². The summed E-state index contributed by atoms with van der Waals surface area (Å²) in [5.74, 6) is 0. The normalized spacial score (nSPS) is 11.6. The van der Waals surface area contributed by atoms with Gasteiger partial charge in [0.05, 0.1) is 0 Å². The lowest BCUT2D eigenvalue weighted by Crippen LogP contribution is -1.89. The quantitative estimate of drug-likeness (QED) is 0.233. The van der Waals surface area contributed by atoms with Crippen LogP contribution in [0.2, 0.25) is 0 Å². The molecule has 7 rings (SSSR count). The smallest absolute Gasteiger partial charge is 0.00923 e. The van der Waals surface area contributed by atoms with E-state index in [1.807, 2.05) is 0 Å². The van der Waals surface area contributed by atoms with E-state index in [9.17, 15) is 0 Å². The largest absolute Gasteiger partial charge is 0.0616 e. The standard InChI is InChI=1S/C35H24/c1-23-14-16-25(17-15-23)32-21-34-31-13-7-5-11-29(31)33(22-35(34)30-12-6-4-10-28(30)32)27-19-18-24-8-2-3-9-26(24)20-27/h2-22H,1H3. The van der Waals surface area contributed by atoms with E-state index in [0.717, 1.165) is 0 Å². The van der Waals surface area contributed by atoms with Gasteiger partial charge in [-0.1, -0.05) is 115 Å². The molecule has 0 N–H and O–H groups in total. The first kappa shape index (κ1) is 20.0. The SMILES string of the molecule is Cc1ccc(-c2cc3c4ccccc4c(-c4ccc5ccccc5c4)cc3c3ccccc23)cc1. The molecule has 0 fully saturated rings. The highest BCUT2D eigenvalue weighted by Crippen LogP contribution is 2.42. The molecule has 164 valence electrons. The zero-order valence-electron chi connectivity index (χ0n) is 19.6. The van der Waals surface area contributed by atoms with Gasteiger partial charge in [-0.2, -0.15) is 0 Å². The third kappa shape index (κ3) is 3.22. The fraction of sp³-hybridized carbons (Fsp3) is 0.0286. The maximum Gasteiger partial charge on any atom is -0.00923 e. The minimum absolute atomic E-state index is 1.26. The second kappa shape index (κ2) is 7.82. The molecule has 0 nitrogen and oxygen atoms in total. The van der Waals surface area contributed by atoms with Crippen LogP contribution in [0.3, 0.4) is 0 Å². The van der Waals surface area contributed by atoms with E-state index >= 15 is 0 Å². The maximum atomic E-state index is 2.41. The van der Waals surface area contributed by atoms with Crippen LogP contribution in [0.4, 0.5) is 0 Å². The second-order valence-electron chi connectivity index (χ2n) is 9.46. The van der Waals surface area contributed by atoms with Crippen LogP contribution in [-0.4, -0.2) is 0 Å². The Balaban J connectivity index is 1.60. The molecular weight excluding hydrogens is 420 g/mol. The van der Waals surface area contributed by atoms with Gasteiger partial charge in [0.25, 0.3) is 0 Å². The summed E-state index contributed by atoms with van der Waals surface area (Å²) in [6, 6.07) is 46.8. The summed E-state index contributed by atoms with van der Waals surface area (Å²) in [6.07, 6.45) is 0. The number of hydrogen-bond donors (Lipinski definition) is 0. The number of fused-ring (bicyclic) bond motifs is 6. The van der Waals surface area contributed by atoms with E-state index < -0.39 is 0 Å². The Morgan fingerprint density at radius 1 is 0.343 bits per heavy atom. The van der Waals surface area contributed by atoms with Gasteiger partial charge in [-0.15, -0.1) is 0 Å². The van der Waals surface area contributed by atoms with Gasteiger partial charge in [0.15, 0.2) is 0 Å². The van der Waals surface area contributed by atoms with Gasteiger partial charge >= 0.3 is 0 Å². The van der Waals surface area contributed by atoms with Crippen molar-refractivity contribution < 1.29 is 0 Å². The van der Waals surface area contributed by atoms with E-state index in [1.54, 1.807) is 0 Å². The average molecular weight is 445 g/mol. The minimum atomic E-state index is 1.26. The summed E-state index contributed by atoms with van der Waals surface area (Å²) in [4.78, 5) is 0. The van der Waals surface area contributed by atoms with E-state index in [-0.39, 0.29) is 0 Å². The van der Waals surface area contributed by atoms with E-state index in [0.29, 0.717) is 0 Å². The van der Waals surface area contributed by atoms with Crippen molar-refractivity contribution in [1.82, 2.24) is 0 Å². The Morgan fingerprint density at radius 2 is 0.829 bits per heavy atom. The molecule has 35 heavy (non-hydrogen) atoms. The predicted octanol–water partition coefficient (Wildman–Crippen LogP) is 9.94. The molecule has 0 aliphatic carbocycles. The first-order valence-electron chi connectivity index (χ1n) is 12.2. The summed E-state index contributed by atoms with van der Waals surface area (Å²) in [6.45, 7) is 2.14. The molecule has 0 aromatic heterocycles. The van der Waals surface area contributed by atoms with E-state index in [4.69, 9.17) is 0 Å². The molecule has 0 aliphatic heterocycles. The Labute approximate surface area is 205 Å². The molecule has 7 aromatic carbocycles. The molecule has 0 spiro atoms. The Morgan fingerprint density at radius 3 is 1.46 bits per heavy atom. The molecule has 0 heteroatoms. The molecule has 0 amide bonds. The highest BCUT2D eigenvalue weighted by molar-refractivity contribution is 6.23. The third-order valence-electron chi connectivity index (χ3n) is 7.31. The number of hydrogen-bond acceptors (Lipinski definition) is 0. The van der Waals surface area contributed by atoms with Crippen molar-refractivity contribution in [2.75, 3.05) is 0 Å². The van der Waals surface area contributed by atoms with Gasteiger partial charge in [0.1, 0.15) is 0 Å². The van der Waals surface area contributed by atoms with Gasteiger partial charge in [-0.05, 0) is 90.5 Å². The lowest BCUT2D eigenvalue weighted by atomic mass is 9.87. The van der Waals surface area contributed by atoms with Crippen LogP contribution in [0.5, 0.6) is 0 Å². The lowest BCUT2D eigenvalue weighted by Gasteiger charge is -2.16. The first-order chi connectivity index (χ1) is 17.3. The van der Waals surface area contributed by atoms with Crippen molar-refractivity contribution in [2.45, 2.75) is 6.92 Å². The van der Waals surface area contributed by atoms with Crippen molar-refractivity contribution in [3.05, 3.63) is 133 Å². The van der Waals surface area contributed by atoms with E-state index in [2.05, 4.69) is 134 Å². The Kier molecular flexibility index (Phi) is 4.47. The summed E-state index contributed by atoms with van der Waals surface area (Å²) in [5, 5.41) is 10.3. The predicted molar refractivity (Wildman–Crippen MR) is 152 cm³/mol. The summed E-state index contributed by atoms with van der Waals surface area (Å²) in [7, 11) is 0. The molecular formula is C35H24. The number of rotatable bonds is 2.